The Hall–Kier alpha value is -4.97. The molecule has 0 bridgehead atoms. The Morgan fingerprint density at radius 3 is 1.97 bits per heavy atom. The summed E-state index contributed by atoms with van der Waals surface area (Å²) in [6.07, 6.45) is 3.25. The summed E-state index contributed by atoms with van der Waals surface area (Å²) in [6.45, 7) is 0. The molecule has 1 heterocycles. The monoisotopic (exact) mass is 457 g/mol. The topological polar surface area (TPSA) is 84.1 Å². The molecule has 0 atom stereocenters. The first-order valence-corrected chi connectivity index (χ1v) is 11.2. The third kappa shape index (κ3) is 5.02. The van der Waals surface area contributed by atoms with E-state index in [0.29, 0.717) is 16.9 Å². The van der Waals surface area contributed by atoms with Gasteiger partial charge in [-0.3, -0.25) is 9.69 Å². The molecule has 170 valence electrons. The Morgan fingerprint density at radius 2 is 1.34 bits per heavy atom. The van der Waals surface area contributed by atoms with E-state index in [2.05, 4.69) is 51.7 Å². The van der Waals surface area contributed by atoms with Gasteiger partial charge in [0.15, 0.2) is 0 Å². The summed E-state index contributed by atoms with van der Waals surface area (Å²) in [5.74, 6) is 0.549. The van der Waals surface area contributed by atoms with Gasteiger partial charge in [-0.2, -0.15) is 0 Å². The molecule has 0 saturated carbocycles. The van der Waals surface area contributed by atoms with Crippen LogP contribution in [0.2, 0.25) is 0 Å². The number of nitrogens with zero attached hydrogens (tertiary/aromatic N) is 3. The molecule has 6 heteroatoms. The van der Waals surface area contributed by atoms with Gasteiger partial charge in [-0.1, -0.05) is 42.5 Å². The summed E-state index contributed by atoms with van der Waals surface area (Å²) < 4.78 is 0. The van der Waals surface area contributed by atoms with Crippen LogP contribution in [-0.4, -0.2) is 15.9 Å². The van der Waals surface area contributed by atoms with E-state index in [-0.39, 0.29) is 5.91 Å². The highest BCUT2D eigenvalue weighted by atomic mass is 16.1. The van der Waals surface area contributed by atoms with E-state index in [1.807, 2.05) is 53.4 Å². The van der Waals surface area contributed by atoms with Crippen LogP contribution in [0.15, 0.2) is 122 Å². The van der Waals surface area contributed by atoms with Gasteiger partial charge in [0, 0.05) is 34.5 Å². The van der Waals surface area contributed by atoms with Crippen molar-refractivity contribution in [3.05, 3.63) is 127 Å². The molecule has 0 radical (unpaired) electrons. The maximum atomic E-state index is 12.6. The van der Waals surface area contributed by atoms with Gasteiger partial charge in [0.2, 0.25) is 0 Å². The molecular formula is C29H23N5O. The van der Waals surface area contributed by atoms with E-state index in [9.17, 15) is 4.79 Å². The Kier molecular flexibility index (Phi) is 6.17. The second kappa shape index (κ2) is 9.89. The largest absolute Gasteiger partial charge is 0.399 e. The molecule has 0 saturated heterocycles. The molecule has 0 fully saturated rings. The van der Waals surface area contributed by atoms with Crippen LogP contribution in [0.1, 0.15) is 10.4 Å². The molecule has 5 aromatic rings. The highest BCUT2D eigenvalue weighted by molar-refractivity contribution is 6.04. The minimum absolute atomic E-state index is 0.193. The summed E-state index contributed by atoms with van der Waals surface area (Å²) in [5.41, 5.74) is 11.7. The molecule has 5 rings (SSSR count). The van der Waals surface area contributed by atoms with Gasteiger partial charge in [0.25, 0.3) is 5.91 Å². The van der Waals surface area contributed by atoms with Gasteiger partial charge < -0.3 is 11.1 Å². The molecule has 35 heavy (non-hydrogen) atoms. The van der Waals surface area contributed by atoms with Crippen LogP contribution in [-0.2, 0) is 0 Å². The Morgan fingerprint density at radius 1 is 0.714 bits per heavy atom. The molecule has 6 nitrogen and oxygen atoms in total. The Bertz CT molecular complexity index is 1400. The molecule has 0 aliphatic heterocycles. The van der Waals surface area contributed by atoms with Crippen molar-refractivity contribution in [2.45, 2.75) is 0 Å². The summed E-state index contributed by atoms with van der Waals surface area (Å²) in [7, 11) is 0. The zero-order valence-electron chi connectivity index (χ0n) is 18.9. The number of carbonyl (C=O) groups is 1. The summed E-state index contributed by atoms with van der Waals surface area (Å²) in [4.78, 5) is 23.1. The number of nitrogens with two attached hydrogens (primary N) is 1. The SMILES string of the molecule is Nc1ccc(C(=O)Nc2ccc(N(c3ccc(-c4ccccc4)cc3)c3ccncn3)cc2)cc1. The molecule has 0 spiro atoms. The Balaban J connectivity index is 1.42. The van der Waals surface area contributed by atoms with Crippen molar-refractivity contribution >= 4 is 34.5 Å². The lowest BCUT2D eigenvalue weighted by atomic mass is 10.1. The van der Waals surface area contributed by atoms with Gasteiger partial charge in [-0.15, -0.1) is 0 Å². The third-order valence-corrected chi connectivity index (χ3v) is 5.58. The van der Waals surface area contributed by atoms with E-state index in [4.69, 9.17) is 5.73 Å². The second-order valence-corrected chi connectivity index (χ2v) is 7.94. The van der Waals surface area contributed by atoms with Crippen molar-refractivity contribution in [3.8, 4) is 11.1 Å². The minimum Gasteiger partial charge on any atom is -0.399 e. The lowest BCUT2D eigenvalue weighted by Gasteiger charge is -2.24. The van der Waals surface area contributed by atoms with Crippen LogP contribution >= 0.6 is 0 Å². The number of rotatable bonds is 6. The zero-order valence-corrected chi connectivity index (χ0v) is 18.9. The van der Waals surface area contributed by atoms with Crippen molar-refractivity contribution in [1.29, 1.82) is 0 Å². The number of carbonyl (C=O) groups excluding carboxylic acids is 1. The van der Waals surface area contributed by atoms with Crippen molar-refractivity contribution in [1.82, 2.24) is 9.97 Å². The molecule has 4 aromatic carbocycles. The molecule has 0 unspecified atom stereocenters. The predicted octanol–water partition coefficient (Wildman–Crippen LogP) is 6.45. The van der Waals surface area contributed by atoms with Crippen LogP contribution in [0.5, 0.6) is 0 Å². The fourth-order valence-corrected chi connectivity index (χ4v) is 3.79. The van der Waals surface area contributed by atoms with Gasteiger partial charge in [0.05, 0.1) is 0 Å². The third-order valence-electron chi connectivity index (χ3n) is 5.58. The maximum Gasteiger partial charge on any atom is 0.255 e. The Labute approximate surface area is 203 Å². The molecular weight excluding hydrogens is 434 g/mol. The van der Waals surface area contributed by atoms with E-state index in [1.165, 1.54) is 6.33 Å². The van der Waals surface area contributed by atoms with Crippen molar-refractivity contribution in [2.75, 3.05) is 16.0 Å². The van der Waals surface area contributed by atoms with E-state index in [1.54, 1.807) is 30.5 Å². The lowest BCUT2D eigenvalue weighted by molar-refractivity contribution is 0.102. The molecule has 1 aromatic heterocycles. The van der Waals surface area contributed by atoms with Gasteiger partial charge >= 0.3 is 0 Å². The summed E-state index contributed by atoms with van der Waals surface area (Å²) in [6, 6.07) is 34.9. The fraction of sp³-hybridized carbons (Fsp3) is 0. The number of benzene rings is 4. The maximum absolute atomic E-state index is 12.6. The predicted molar refractivity (Wildman–Crippen MR) is 141 cm³/mol. The van der Waals surface area contributed by atoms with E-state index in [0.717, 1.165) is 28.3 Å². The van der Waals surface area contributed by atoms with E-state index >= 15 is 0 Å². The summed E-state index contributed by atoms with van der Waals surface area (Å²) in [5, 5.41) is 2.93. The van der Waals surface area contributed by atoms with Gasteiger partial charge in [-0.25, -0.2) is 9.97 Å². The number of hydrogen-bond acceptors (Lipinski definition) is 5. The van der Waals surface area contributed by atoms with Crippen molar-refractivity contribution in [2.24, 2.45) is 0 Å². The standard InChI is InChI=1S/C29H23N5O/c30-24-10-6-23(7-11-24)29(35)33-25-12-16-27(17-13-25)34(28-18-19-31-20-32-28)26-14-8-22(9-15-26)21-4-2-1-3-5-21/h1-20H,30H2,(H,33,35). The quantitative estimate of drug-likeness (QED) is 0.286. The number of anilines is 5. The fourth-order valence-electron chi connectivity index (χ4n) is 3.79. The van der Waals surface area contributed by atoms with Gasteiger partial charge in [-0.05, 0) is 77.9 Å². The van der Waals surface area contributed by atoms with Crippen LogP contribution in [0.3, 0.4) is 0 Å². The minimum atomic E-state index is -0.193. The van der Waals surface area contributed by atoms with Crippen molar-refractivity contribution < 1.29 is 4.79 Å². The molecule has 1 amide bonds. The molecule has 3 N–H and O–H groups in total. The van der Waals surface area contributed by atoms with Crippen LogP contribution in [0.25, 0.3) is 11.1 Å². The molecule has 0 aliphatic rings. The van der Waals surface area contributed by atoms with E-state index < -0.39 is 0 Å². The number of aromatic nitrogens is 2. The number of hydrogen-bond donors (Lipinski definition) is 2. The number of nitrogen functional groups attached to an aromatic ring is 1. The average molecular weight is 458 g/mol. The van der Waals surface area contributed by atoms with Crippen LogP contribution in [0, 0.1) is 0 Å². The summed E-state index contributed by atoms with van der Waals surface area (Å²) >= 11 is 0. The number of amides is 1. The molecule has 0 aliphatic carbocycles. The highest BCUT2D eigenvalue weighted by Gasteiger charge is 2.14. The first-order valence-electron chi connectivity index (χ1n) is 11.2. The van der Waals surface area contributed by atoms with Crippen molar-refractivity contribution in [3.63, 3.8) is 0 Å². The smallest absolute Gasteiger partial charge is 0.255 e. The number of nitrogens with one attached hydrogen (secondary N) is 1. The zero-order chi connectivity index (χ0) is 24.0. The lowest BCUT2D eigenvalue weighted by Crippen LogP contribution is -2.13. The van der Waals surface area contributed by atoms with Crippen LogP contribution < -0.4 is 16.0 Å². The first-order chi connectivity index (χ1) is 17.2. The highest BCUT2D eigenvalue weighted by Crippen LogP contribution is 2.34. The normalized spacial score (nSPS) is 10.5. The van der Waals surface area contributed by atoms with Gasteiger partial charge in [0.1, 0.15) is 12.1 Å². The second-order valence-electron chi connectivity index (χ2n) is 7.94. The first kappa shape index (κ1) is 21.9. The van der Waals surface area contributed by atoms with Crippen LogP contribution in [0.4, 0.5) is 28.6 Å². The average Bonchev–Trinajstić information content (AvgIpc) is 2.92.